The van der Waals surface area contributed by atoms with E-state index in [1.807, 2.05) is 67.6 Å². The summed E-state index contributed by atoms with van der Waals surface area (Å²) in [6.45, 7) is 4.40. The monoisotopic (exact) mass is 545 g/mol. The first-order valence-corrected chi connectivity index (χ1v) is 13.9. The van der Waals surface area contributed by atoms with Gasteiger partial charge in [0.1, 0.15) is 18.5 Å². The number of nitrogens with zero attached hydrogens (tertiary/aromatic N) is 3. The summed E-state index contributed by atoms with van der Waals surface area (Å²) >= 11 is 0. The van der Waals surface area contributed by atoms with Crippen LogP contribution in [0.15, 0.2) is 84.9 Å². The van der Waals surface area contributed by atoms with Crippen LogP contribution in [0.1, 0.15) is 31.0 Å². The normalized spacial score (nSPS) is 15.8. The van der Waals surface area contributed by atoms with Gasteiger partial charge in [-0.05, 0) is 55.7 Å². The highest BCUT2D eigenvalue weighted by atomic mass is 19.1. The summed E-state index contributed by atoms with van der Waals surface area (Å²) in [6.07, 6.45) is 2.00. The van der Waals surface area contributed by atoms with Gasteiger partial charge in [0.2, 0.25) is 5.88 Å². The van der Waals surface area contributed by atoms with E-state index < -0.39 is 11.9 Å². The van der Waals surface area contributed by atoms with Crippen molar-refractivity contribution in [1.29, 1.82) is 0 Å². The summed E-state index contributed by atoms with van der Waals surface area (Å²) in [6, 6.07) is 25.5. The molecule has 5 rings (SSSR count). The molecule has 1 saturated heterocycles. The average Bonchev–Trinajstić information content (AvgIpc) is 3.62. The van der Waals surface area contributed by atoms with Crippen LogP contribution in [0.5, 0.6) is 17.4 Å². The van der Waals surface area contributed by atoms with Gasteiger partial charge in [-0.1, -0.05) is 55.5 Å². The van der Waals surface area contributed by atoms with E-state index >= 15 is 0 Å². The quantitative estimate of drug-likeness (QED) is 0.230. The molecule has 1 aliphatic heterocycles. The number of aryl methyl sites for hydroxylation is 1. The molecular weight excluding hydrogens is 509 g/mol. The molecule has 1 fully saturated rings. The highest BCUT2D eigenvalue weighted by Crippen LogP contribution is 2.33. The smallest absolute Gasteiger partial charge is 0.227 e. The zero-order chi connectivity index (χ0) is 27.7. The molecule has 0 radical (unpaired) electrons. The fourth-order valence-corrected chi connectivity index (χ4v) is 4.96. The van der Waals surface area contributed by atoms with E-state index in [0.29, 0.717) is 37.7 Å². The Hall–Kier alpha value is -3.72. The number of aromatic nitrogens is 2. The van der Waals surface area contributed by atoms with Gasteiger partial charge in [0.25, 0.3) is 0 Å². The molecule has 2 heterocycles. The molecule has 0 bridgehead atoms. The average molecular weight is 546 g/mol. The number of halogens is 1. The molecule has 40 heavy (non-hydrogen) atoms. The highest BCUT2D eigenvalue weighted by Gasteiger charge is 2.27. The number of hydrogen-bond donors (Lipinski definition) is 1. The minimum atomic E-state index is -0.730. The van der Waals surface area contributed by atoms with Gasteiger partial charge in [-0.15, -0.1) is 0 Å². The van der Waals surface area contributed by atoms with E-state index in [-0.39, 0.29) is 18.5 Å². The fourth-order valence-electron chi connectivity index (χ4n) is 4.96. The minimum Gasteiger partial charge on any atom is -0.491 e. The van der Waals surface area contributed by atoms with E-state index in [2.05, 4.69) is 4.90 Å². The number of rotatable bonds is 13. The van der Waals surface area contributed by atoms with Gasteiger partial charge in [-0.2, -0.15) is 5.10 Å². The molecular formula is C32H36FN3O4. The van der Waals surface area contributed by atoms with E-state index in [1.165, 1.54) is 6.07 Å². The summed E-state index contributed by atoms with van der Waals surface area (Å²) in [5, 5.41) is 15.9. The predicted molar refractivity (Wildman–Crippen MR) is 152 cm³/mol. The SMILES string of the molecule is CCc1nn(-c2ccccc2)c(Oc2ccccc2F)c1CN(C[C@@H](O)COc1ccccc1)C[C@H]1CCCO1. The van der Waals surface area contributed by atoms with E-state index in [4.69, 9.17) is 19.3 Å². The maximum Gasteiger partial charge on any atom is 0.227 e. The second-order valence-corrected chi connectivity index (χ2v) is 9.97. The number of aliphatic hydroxyl groups excluding tert-OH is 1. The molecule has 0 amide bonds. The second-order valence-electron chi connectivity index (χ2n) is 9.97. The van der Waals surface area contributed by atoms with Crippen LogP contribution in [0.2, 0.25) is 0 Å². The number of hydrogen-bond acceptors (Lipinski definition) is 6. The van der Waals surface area contributed by atoms with E-state index in [9.17, 15) is 9.50 Å². The van der Waals surface area contributed by atoms with Crippen molar-refractivity contribution in [2.45, 2.75) is 44.9 Å². The molecule has 0 aliphatic carbocycles. The second kappa shape index (κ2) is 13.6. The van der Waals surface area contributed by atoms with Gasteiger partial charge in [0, 0.05) is 26.2 Å². The van der Waals surface area contributed by atoms with Gasteiger partial charge in [0.05, 0.1) is 23.0 Å². The van der Waals surface area contributed by atoms with E-state index in [1.54, 1.807) is 22.9 Å². The Balaban J connectivity index is 1.44. The summed E-state index contributed by atoms with van der Waals surface area (Å²) in [4.78, 5) is 2.16. The topological polar surface area (TPSA) is 69.0 Å². The molecule has 1 aliphatic rings. The Morgan fingerprint density at radius 3 is 2.48 bits per heavy atom. The first kappa shape index (κ1) is 27.8. The lowest BCUT2D eigenvalue weighted by atomic mass is 10.1. The van der Waals surface area contributed by atoms with Crippen molar-refractivity contribution in [2.75, 3.05) is 26.3 Å². The molecule has 7 nitrogen and oxygen atoms in total. The summed E-state index contributed by atoms with van der Waals surface area (Å²) in [5.74, 6) is 0.855. The van der Waals surface area contributed by atoms with Gasteiger partial charge in [0.15, 0.2) is 11.6 Å². The largest absolute Gasteiger partial charge is 0.491 e. The van der Waals surface area contributed by atoms with Crippen molar-refractivity contribution in [3.8, 4) is 23.1 Å². The first-order valence-electron chi connectivity index (χ1n) is 13.9. The Labute approximate surface area is 234 Å². The lowest BCUT2D eigenvalue weighted by molar-refractivity contribution is 0.0310. The molecule has 3 aromatic carbocycles. The summed E-state index contributed by atoms with van der Waals surface area (Å²) in [7, 11) is 0. The zero-order valence-corrected chi connectivity index (χ0v) is 22.8. The van der Waals surface area contributed by atoms with Gasteiger partial charge in [-0.3, -0.25) is 4.90 Å². The maximum absolute atomic E-state index is 14.7. The van der Waals surface area contributed by atoms with Crippen molar-refractivity contribution >= 4 is 0 Å². The Morgan fingerprint density at radius 2 is 1.77 bits per heavy atom. The molecule has 1 aromatic heterocycles. The number of ether oxygens (including phenoxy) is 3. The molecule has 0 spiro atoms. The van der Waals surface area contributed by atoms with Crippen LogP contribution >= 0.6 is 0 Å². The summed E-state index contributed by atoms with van der Waals surface area (Å²) < 4.78 is 34.5. The third-order valence-electron chi connectivity index (χ3n) is 6.92. The van der Waals surface area contributed by atoms with Crippen LogP contribution in [0.4, 0.5) is 4.39 Å². The van der Waals surface area contributed by atoms with Crippen molar-refractivity contribution in [3.63, 3.8) is 0 Å². The zero-order valence-electron chi connectivity index (χ0n) is 22.8. The van der Waals surface area contributed by atoms with Gasteiger partial charge >= 0.3 is 0 Å². The Morgan fingerprint density at radius 1 is 1.05 bits per heavy atom. The fraction of sp³-hybridized carbons (Fsp3) is 0.344. The lowest BCUT2D eigenvalue weighted by Gasteiger charge is -2.28. The Bertz CT molecular complexity index is 1340. The number of aliphatic hydroxyl groups is 1. The standard InChI is InChI=1S/C32H36FN3O4/c1-2-30-28(32(40-31-18-10-9-17-29(31)33)36(34-30)24-12-5-3-6-13-24)22-35(21-27-16-11-19-38-27)20-25(37)23-39-26-14-7-4-8-15-26/h3-10,12-15,17-18,25,27,37H,2,11,16,19-23H2,1H3/t25-,27-/m1/s1. The number of para-hydroxylation sites is 3. The van der Waals surface area contributed by atoms with Crippen LogP contribution in [0.3, 0.4) is 0 Å². The third-order valence-corrected chi connectivity index (χ3v) is 6.92. The van der Waals surface area contributed by atoms with Crippen LogP contribution < -0.4 is 9.47 Å². The Kier molecular flexibility index (Phi) is 9.44. The van der Waals surface area contributed by atoms with Crippen LogP contribution in [0, 0.1) is 5.82 Å². The van der Waals surface area contributed by atoms with Crippen LogP contribution in [0.25, 0.3) is 5.69 Å². The van der Waals surface area contributed by atoms with Crippen LogP contribution in [-0.4, -0.2) is 58.3 Å². The molecule has 8 heteroatoms. The highest BCUT2D eigenvalue weighted by molar-refractivity contribution is 5.44. The van der Waals surface area contributed by atoms with Crippen molar-refractivity contribution in [2.24, 2.45) is 0 Å². The molecule has 2 atom stereocenters. The molecule has 0 saturated carbocycles. The van der Waals surface area contributed by atoms with Crippen molar-refractivity contribution < 1.29 is 23.7 Å². The maximum atomic E-state index is 14.7. The molecule has 1 N–H and O–H groups in total. The molecule has 4 aromatic rings. The predicted octanol–water partition coefficient (Wildman–Crippen LogP) is 5.79. The first-order chi connectivity index (χ1) is 19.6. The van der Waals surface area contributed by atoms with Crippen molar-refractivity contribution in [1.82, 2.24) is 14.7 Å². The van der Waals surface area contributed by atoms with Crippen LogP contribution in [-0.2, 0) is 17.7 Å². The molecule has 210 valence electrons. The van der Waals surface area contributed by atoms with Gasteiger partial charge < -0.3 is 19.3 Å². The lowest BCUT2D eigenvalue weighted by Crippen LogP contribution is -2.39. The number of benzene rings is 3. The molecule has 0 unspecified atom stereocenters. The third kappa shape index (κ3) is 7.07. The van der Waals surface area contributed by atoms with E-state index in [0.717, 1.165) is 36.4 Å². The van der Waals surface area contributed by atoms with Gasteiger partial charge in [-0.25, -0.2) is 9.07 Å². The summed E-state index contributed by atoms with van der Waals surface area (Å²) in [5.41, 5.74) is 2.52. The van der Waals surface area contributed by atoms with Crippen molar-refractivity contribution in [3.05, 3.63) is 102 Å². The minimum absolute atomic E-state index is 0.0763.